The molecule has 1 aromatic heterocycles. The number of likely N-dealkylation sites (tertiary alicyclic amines) is 1. The summed E-state index contributed by atoms with van der Waals surface area (Å²) in [5, 5.41) is 6.26. The summed E-state index contributed by atoms with van der Waals surface area (Å²) in [4.78, 5) is 19.0. The first-order valence-corrected chi connectivity index (χ1v) is 10.3. The van der Waals surface area contributed by atoms with Gasteiger partial charge in [0.05, 0.1) is 10.7 Å². The second kappa shape index (κ2) is 9.67. The van der Waals surface area contributed by atoms with Crippen LogP contribution in [0.1, 0.15) is 29.1 Å². The smallest absolute Gasteiger partial charge is 0.246 e. The number of carbonyl (C=O) groups is 1. The molecule has 0 aliphatic carbocycles. The van der Waals surface area contributed by atoms with Crippen LogP contribution >= 0.6 is 11.3 Å². The lowest BCUT2D eigenvalue weighted by molar-refractivity contribution is -0.127. The van der Waals surface area contributed by atoms with Gasteiger partial charge in [-0.05, 0) is 51.4 Å². The van der Waals surface area contributed by atoms with Gasteiger partial charge >= 0.3 is 0 Å². The number of rotatable bonds is 7. The third kappa shape index (κ3) is 5.65. The maximum absolute atomic E-state index is 12.6. The van der Waals surface area contributed by atoms with Crippen molar-refractivity contribution in [3.05, 3.63) is 52.0 Å². The lowest BCUT2D eigenvalue weighted by Gasteiger charge is -2.32. The zero-order chi connectivity index (χ0) is 19.1. The molecule has 0 spiro atoms. The number of nitrogens with zero attached hydrogens (tertiary/aromatic N) is 2. The number of aromatic nitrogens is 1. The number of thiazole rings is 1. The Hall–Kier alpha value is -2.18. The first-order chi connectivity index (χ1) is 13.2. The SMILES string of the molecule is CNCC1CCCN(C(=O)/C=C/c2ccccc2OCc2csc(C)n2)C1. The molecule has 0 radical (unpaired) electrons. The molecule has 5 nitrogen and oxygen atoms in total. The van der Waals surface area contributed by atoms with Crippen molar-refractivity contribution in [1.82, 2.24) is 15.2 Å². The molecule has 2 aromatic rings. The first-order valence-electron chi connectivity index (χ1n) is 9.40. The number of ether oxygens (including phenoxy) is 1. The molecule has 1 aliphatic rings. The molecule has 3 rings (SSSR count). The predicted molar refractivity (Wildman–Crippen MR) is 110 cm³/mol. The van der Waals surface area contributed by atoms with E-state index in [0.29, 0.717) is 12.5 Å². The van der Waals surface area contributed by atoms with E-state index in [4.69, 9.17) is 4.74 Å². The average Bonchev–Trinajstić information content (AvgIpc) is 3.11. The number of aryl methyl sites for hydroxylation is 1. The molecular formula is C21H27N3O2S. The Morgan fingerprint density at radius 1 is 1.44 bits per heavy atom. The first kappa shape index (κ1) is 19.6. The minimum absolute atomic E-state index is 0.0701. The second-order valence-electron chi connectivity index (χ2n) is 6.87. The monoisotopic (exact) mass is 385 g/mol. The maximum atomic E-state index is 12.6. The fourth-order valence-electron chi connectivity index (χ4n) is 3.36. The lowest BCUT2D eigenvalue weighted by atomic mass is 9.98. The molecule has 1 N–H and O–H groups in total. The lowest BCUT2D eigenvalue weighted by Crippen LogP contribution is -2.41. The Kier molecular flexibility index (Phi) is 7.01. The van der Waals surface area contributed by atoms with Crippen molar-refractivity contribution in [3.63, 3.8) is 0 Å². The van der Waals surface area contributed by atoms with Crippen LogP contribution in [0, 0.1) is 12.8 Å². The van der Waals surface area contributed by atoms with Gasteiger partial charge in [0.2, 0.25) is 5.91 Å². The Morgan fingerprint density at radius 2 is 2.30 bits per heavy atom. The summed E-state index contributed by atoms with van der Waals surface area (Å²) in [6.45, 7) is 5.04. The number of hydrogen-bond donors (Lipinski definition) is 1. The van der Waals surface area contributed by atoms with Gasteiger partial charge in [0.15, 0.2) is 0 Å². The van der Waals surface area contributed by atoms with Crippen LogP contribution in [-0.2, 0) is 11.4 Å². The summed E-state index contributed by atoms with van der Waals surface area (Å²) in [6, 6.07) is 7.78. The summed E-state index contributed by atoms with van der Waals surface area (Å²) >= 11 is 1.62. The standard InChI is InChI=1S/C21H27N3O2S/c1-16-23-19(15-27-16)14-26-20-8-4-3-7-18(20)9-10-21(25)24-11-5-6-17(13-24)12-22-2/h3-4,7-10,15,17,22H,5-6,11-14H2,1-2H3/b10-9+. The normalized spacial score (nSPS) is 17.4. The van der Waals surface area contributed by atoms with Gasteiger partial charge in [0.25, 0.3) is 0 Å². The van der Waals surface area contributed by atoms with Crippen molar-refractivity contribution in [2.75, 3.05) is 26.7 Å². The molecule has 0 bridgehead atoms. The number of para-hydroxylation sites is 1. The summed E-state index contributed by atoms with van der Waals surface area (Å²) in [7, 11) is 1.96. The number of benzene rings is 1. The second-order valence-corrected chi connectivity index (χ2v) is 7.93. The Labute approximate surface area is 165 Å². The van der Waals surface area contributed by atoms with E-state index >= 15 is 0 Å². The highest BCUT2D eigenvalue weighted by Crippen LogP contribution is 2.22. The third-order valence-electron chi connectivity index (χ3n) is 4.69. The van der Waals surface area contributed by atoms with Gasteiger partial charge in [-0.1, -0.05) is 18.2 Å². The van der Waals surface area contributed by atoms with Crippen LogP contribution in [0.3, 0.4) is 0 Å². The van der Waals surface area contributed by atoms with Gasteiger partial charge in [-0.3, -0.25) is 4.79 Å². The number of nitrogens with one attached hydrogen (secondary N) is 1. The van der Waals surface area contributed by atoms with Crippen molar-refractivity contribution in [1.29, 1.82) is 0 Å². The predicted octanol–water partition coefficient (Wildman–Crippen LogP) is 3.50. The van der Waals surface area contributed by atoms with Gasteiger partial charge < -0.3 is 15.0 Å². The number of carbonyl (C=O) groups excluding carboxylic acids is 1. The summed E-state index contributed by atoms with van der Waals surface area (Å²) in [5.41, 5.74) is 1.83. The molecule has 1 fully saturated rings. The van der Waals surface area contributed by atoms with Crippen LogP contribution in [0.5, 0.6) is 5.75 Å². The number of amides is 1. The van der Waals surface area contributed by atoms with E-state index in [1.165, 1.54) is 6.42 Å². The van der Waals surface area contributed by atoms with E-state index in [2.05, 4.69) is 10.3 Å². The van der Waals surface area contributed by atoms with Gasteiger partial charge in [-0.25, -0.2) is 4.98 Å². The largest absolute Gasteiger partial charge is 0.487 e. The molecule has 1 atom stereocenters. The van der Waals surface area contributed by atoms with Crippen molar-refractivity contribution < 1.29 is 9.53 Å². The van der Waals surface area contributed by atoms with E-state index in [0.717, 1.165) is 48.1 Å². The summed E-state index contributed by atoms with van der Waals surface area (Å²) < 4.78 is 5.92. The van der Waals surface area contributed by atoms with Gasteiger partial charge in [0.1, 0.15) is 12.4 Å². The molecule has 1 amide bonds. The van der Waals surface area contributed by atoms with E-state index in [9.17, 15) is 4.79 Å². The van der Waals surface area contributed by atoms with E-state index in [1.54, 1.807) is 17.4 Å². The van der Waals surface area contributed by atoms with Gasteiger partial charge in [-0.2, -0.15) is 0 Å². The highest BCUT2D eigenvalue weighted by Gasteiger charge is 2.21. The van der Waals surface area contributed by atoms with Gasteiger partial charge in [0, 0.05) is 30.1 Å². The Bertz CT molecular complexity index is 785. The van der Waals surface area contributed by atoms with Crippen LogP contribution in [0.15, 0.2) is 35.7 Å². The highest BCUT2D eigenvalue weighted by molar-refractivity contribution is 7.09. The molecule has 1 unspecified atom stereocenters. The van der Waals surface area contributed by atoms with Crippen LogP contribution < -0.4 is 10.1 Å². The topological polar surface area (TPSA) is 54.5 Å². The Balaban J connectivity index is 1.61. The fraction of sp³-hybridized carbons (Fsp3) is 0.429. The van der Waals surface area contributed by atoms with E-state index < -0.39 is 0 Å². The van der Waals surface area contributed by atoms with Crippen molar-refractivity contribution in [3.8, 4) is 5.75 Å². The van der Waals surface area contributed by atoms with Gasteiger partial charge in [-0.15, -0.1) is 11.3 Å². The van der Waals surface area contributed by atoms with Crippen molar-refractivity contribution >= 4 is 23.3 Å². The minimum atomic E-state index is 0.0701. The van der Waals surface area contributed by atoms with Crippen LogP contribution in [0.25, 0.3) is 6.08 Å². The third-order valence-corrected chi connectivity index (χ3v) is 5.51. The minimum Gasteiger partial charge on any atom is -0.487 e. The Morgan fingerprint density at radius 3 is 3.07 bits per heavy atom. The molecule has 1 aromatic carbocycles. The number of hydrogen-bond acceptors (Lipinski definition) is 5. The van der Waals surface area contributed by atoms with Crippen molar-refractivity contribution in [2.45, 2.75) is 26.4 Å². The maximum Gasteiger partial charge on any atom is 0.246 e. The van der Waals surface area contributed by atoms with Crippen LogP contribution in [-0.4, -0.2) is 42.5 Å². The molecule has 1 saturated heterocycles. The van der Waals surface area contributed by atoms with E-state index in [1.807, 2.05) is 54.6 Å². The van der Waals surface area contributed by atoms with Crippen molar-refractivity contribution in [2.24, 2.45) is 5.92 Å². The molecule has 27 heavy (non-hydrogen) atoms. The molecular weight excluding hydrogens is 358 g/mol. The highest BCUT2D eigenvalue weighted by atomic mass is 32.1. The van der Waals surface area contributed by atoms with Crippen LogP contribution in [0.4, 0.5) is 0 Å². The zero-order valence-electron chi connectivity index (χ0n) is 16.0. The summed E-state index contributed by atoms with van der Waals surface area (Å²) in [6.07, 6.45) is 5.77. The fourth-order valence-corrected chi connectivity index (χ4v) is 3.96. The van der Waals surface area contributed by atoms with E-state index in [-0.39, 0.29) is 5.91 Å². The molecule has 144 valence electrons. The molecule has 0 saturated carbocycles. The zero-order valence-corrected chi connectivity index (χ0v) is 16.8. The summed E-state index contributed by atoms with van der Waals surface area (Å²) in [5.74, 6) is 1.37. The average molecular weight is 386 g/mol. The molecule has 6 heteroatoms. The quantitative estimate of drug-likeness (QED) is 0.741. The number of piperidine rings is 1. The molecule has 1 aliphatic heterocycles. The van der Waals surface area contributed by atoms with Crippen LogP contribution in [0.2, 0.25) is 0 Å². The molecule has 2 heterocycles.